The summed E-state index contributed by atoms with van der Waals surface area (Å²) in [6.45, 7) is 8.64. The van der Waals surface area contributed by atoms with E-state index in [2.05, 4.69) is 20.3 Å². The number of hydrogen-bond donors (Lipinski definition) is 1. The Balaban J connectivity index is 1.72. The van der Waals surface area contributed by atoms with Gasteiger partial charge in [-0.05, 0) is 20.8 Å². The van der Waals surface area contributed by atoms with Gasteiger partial charge in [0.15, 0.2) is 0 Å². The zero-order chi connectivity index (χ0) is 14.5. The molecule has 1 aliphatic rings. The molecule has 0 spiro atoms. The van der Waals surface area contributed by atoms with Crippen LogP contribution >= 0.6 is 0 Å². The number of rotatable bonds is 5. The molecule has 20 heavy (non-hydrogen) atoms. The molecule has 1 saturated heterocycles. The van der Waals surface area contributed by atoms with Crippen LogP contribution in [0.15, 0.2) is 12.7 Å². The average molecular weight is 281 g/mol. The van der Waals surface area contributed by atoms with Gasteiger partial charge in [0.1, 0.15) is 12.7 Å². The van der Waals surface area contributed by atoms with Crippen LogP contribution in [-0.2, 0) is 9.53 Å². The molecule has 7 heteroatoms. The fourth-order valence-corrected chi connectivity index (χ4v) is 2.47. The highest BCUT2D eigenvalue weighted by Crippen LogP contribution is 2.09. The zero-order valence-corrected chi connectivity index (χ0v) is 12.3. The lowest BCUT2D eigenvalue weighted by Gasteiger charge is -2.34. The van der Waals surface area contributed by atoms with Crippen LogP contribution in [0.4, 0.5) is 0 Å². The molecule has 0 radical (unpaired) electrons. The minimum Gasteiger partial charge on any atom is -0.373 e. The summed E-state index contributed by atoms with van der Waals surface area (Å²) >= 11 is 0. The van der Waals surface area contributed by atoms with Crippen molar-refractivity contribution in [1.82, 2.24) is 25.0 Å². The van der Waals surface area contributed by atoms with E-state index in [1.54, 1.807) is 11.0 Å². The third kappa shape index (κ3) is 4.28. The van der Waals surface area contributed by atoms with Gasteiger partial charge >= 0.3 is 0 Å². The number of amides is 1. The molecule has 7 nitrogen and oxygen atoms in total. The summed E-state index contributed by atoms with van der Waals surface area (Å²) in [5.74, 6) is 0.0401. The first-order valence-corrected chi connectivity index (χ1v) is 7.03. The van der Waals surface area contributed by atoms with Crippen LogP contribution in [0.1, 0.15) is 26.8 Å². The van der Waals surface area contributed by atoms with E-state index in [0.29, 0.717) is 13.1 Å². The van der Waals surface area contributed by atoms with Crippen molar-refractivity contribution in [2.75, 3.05) is 26.2 Å². The number of nitrogens with zero attached hydrogens (tertiary/aromatic N) is 4. The van der Waals surface area contributed by atoms with Crippen LogP contribution in [0.25, 0.3) is 0 Å². The summed E-state index contributed by atoms with van der Waals surface area (Å²) in [7, 11) is 0. The lowest BCUT2D eigenvalue weighted by Crippen LogP contribution is -2.49. The van der Waals surface area contributed by atoms with Crippen molar-refractivity contribution in [2.45, 2.75) is 39.0 Å². The van der Waals surface area contributed by atoms with Crippen molar-refractivity contribution in [3.05, 3.63) is 12.7 Å². The predicted octanol–water partition coefficient (Wildman–Crippen LogP) is 0.0645. The summed E-state index contributed by atoms with van der Waals surface area (Å²) < 4.78 is 7.39. The molecule has 112 valence electrons. The Bertz CT molecular complexity index is 412. The fourth-order valence-electron chi connectivity index (χ4n) is 2.47. The van der Waals surface area contributed by atoms with Crippen molar-refractivity contribution in [3.8, 4) is 0 Å². The average Bonchev–Trinajstić information content (AvgIpc) is 2.88. The number of carbonyl (C=O) groups is 1. The van der Waals surface area contributed by atoms with E-state index in [1.807, 2.05) is 20.8 Å². The van der Waals surface area contributed by atoms with Crippen LogP contribution in [0.2, 0.25) is 0 Å². The van der Waals surface area contributed by atoms with Crippen molar-refractivity contribution in [1.29, 1.82) is 0 Å². The Morgan fingerprint density at radius 2 is 2.15 bits per heavy atom. The van der Waals surface area contributed by atoms with E-state index in [-0.39, 0.29) is 24.2 Å². The van der Waals surface area contributed by atoms with Crippen LogP contribution in [0, 0.1) is 0 Å². The summed E-state index contributed by atoms with van der Waals surface area (Å²) in [5, 5.41) is 6.99. The molecule has 3 atom stereocenters. The minimum absolute atomic E-state index is 0.0401. The summed E-state index contributed by atoms with van der Waals surface area (Å²) in [6, 6.07) is 0.101. The lowest BCUT2D eigenvalue weighted by molar-refractivity contribution is -0.126. The van der Waals surface area contributed by atoms with Gasteiger partial charge in [0.25, 0.3) is 0 Å². The molecule has 0 aromatic carbocycles. The van der Waals surface area contributed by atoms with E-state index in [0.717, 1.165) is 13.1 Å². The van der Waals surface area contributed by atoms with Crippen LogP contribution < -0.4 is 5.32 Å². The third-order valence-corrected chi connectivity index (χ3v) is 3.35. The van der Waals surface area contributed by atoms with Gasteiger partial charge in [-0.15, -0.1) is 0 Å². The van der Waals surface area contributed by atoms with Gasteiger partial charge < -0.3 is 10.1 Å². The van der Waals surface area contributed by atoms with Crippen LogP contribution in [-0.4, -0.2) is 64.0 Å². The minimum atomic E-state index is 0.0401. The van der Waals surface area contributed by atoms with Crippen molar-refractivity contribution >= 4 is 5.91 Å². The van der Waals surface area contributed by atoms with Gasteiger partial charge in [-0.1, -0.05) is 0 Å². The molecule has 0 unspecified atom stereocenters. The molecule has 0 bridgehead atoms. The van der Waals surface area contributed by atoms with E-state index in [1.165, 1.54) is 6.33 Å². The van der Waals surface area contributed by atoms with Gasteiger partial charge in [-0.25, -0.2) is 9.67 Å². The molecule has 0 aliphatic carbocycles. The van der Waals surface area contributed by atoms with Gasteiger partial charge in [0.2, 0.25) is 5.91 Å². The fraction of sp³-hybridized carbons (Fsp3) is 0.769. The van der Waals surface area contributed by atoms with E-state index in [4.69, 9.17) is 4.74 Å². The van der Waals surface area contributed by atoms with Gasteiger partial charge in [-0.2, -0.15) is 5.10 Å². The number of nitrogens with one attached hydrogen (secondary N) is 1. The monoisotopic (exact) mass is 281 g/mol. The van der Waals surface area contributed by atoms with E-state index < -0.39 is 0 Å². The number of morpholine rings is 1. The molecular weight excluding hydrogens is 258 g/mol. The smallest absolute Gasteiger partial charge is 0.234 e. The van der Waals surface area contributed by atoms with Crippen LogP contribution in [0.3, 0.4) is 0 Å². The third-order valence-electron chi connectivity index (χ3n) is 3.35. The van der Waals surface area contributed by atoms with Crippen LogP contribution in [0.5, 0.6) is 0 Å². The zero-order valence-electron chi connectivity index (χ0n) is 12.3. The summed E-state index contributed by atoms with van der Waals surface area (Å²) in [4.78, 5) is 18.0. The summed E-state index contributed by atoms with van der Waals surface area (Å²) in [6.07, 6.45) is 3.51. The Morgan fingerprint density at radius 3 is 2.75 bits per heavy atom. The van der Waals surface area contributed by atoms with Gasteiger partial charge in [0, 0.05) is 19.6 Å². The maximum absolute atomic E-state index is 12.0. The first kappa shape index (κ1) is 14.9. The first-order chi connectivity index (χ1) is 9.54. The molecule has 1 amide bonds. The molecule has 1 aliphatic heterocycles. The Hall–Kier alpha value is -1.47. The predicted molar refractivity (Wildman–Crippen MR) is 74.2 cm³/mol. The molecular formula is C13H23N5O2. The van der Waals surface area contributed by atoms with Gasteiger partial charge in [0.05, 0.1) is 24.8 Å². The summed E-state index contributed by atoms with van der Waals surface area (Å²) in [5.41, 5.74) is 0. The van der Waals surface area contributed by atoms with E-state index in [9.17, 15) is 4.79 Å². The quantitative estimate of drug-likeness (QED) is 0.826. The molecule has 1 aromatic rings. The standard InChI is InChI=1S/C13H23N5O2/c1-10(18-9-14-8-16-18)4-15-13(19)7-17-5-11(2)20-12(3)6-17/h8-12H,4-7H2,1-3H3,(H,15,19)/t10-,11+,12+/m1/s1. The van der Waals surface area contributed by atoms with Crippen molar-refractivity contribution in [2.24, 2.45) is 0 Å². The Morgan fingerprint density at radius 1 is 1.45 bits per heavy atom. The number of aromatic nitrogens is 3. The molecule has 2 rings (SSSR count). The normalized spacial score (nSPS) is 25.4. The largest absolute Gasteiger partial charge is 0.373 e. The topological polar surface area (TPSA) is 72.3 Å². The van der Waals surface area contributed by atoms with Crippen molar-refractivity contribution < 1.29 is 9.53 Å². The molecule has 1 fully saturated rings. The highest BCUT2D eigenvalue weighted by atomic mass is 16.5. The number of hydrogen-bond acceptors (Lipinski definition) is 5. The first-order valence-electron chi connectivity index (χ1n) is 7.03. The van der Waals surface area contributed by atoms with E-state index >= 15 is 0 Å². The molecule has 0 saturated carbocycles. The number of ether oxygens (including phenoxy) is 1. The second-order valence-electron chi connectivity index (χ2n) is 5.48. The second kappa shape index (κ2) is 6.81. The van der Waals surface area contributed by atoms with Crippen molar-refractivity contribution in [3.63, 3.8) is 0 Å². The highest BCUT2D eigenvalue weighted by Gasteiger charge is 2.23. The Kier molecular flexibility index (Phi) is 5.08. The highest BCUT2D eigenvalue weighted by molar-refractivity contribution is 5.78. The molecule has 1 aromatic heterocycles. The molecule has 1 N–H and O–H groups in total. The second-order valence-corrected chi connectivity index (χ2v) is 5.48. The van der Waals surface area contributed by atoms with Gasteiger partial charge in [-0.3, -0.25) is 9.69 Å². The maximum atomic E-state index is 12.0. The SMILES string of the molecule is C[C@H](CNC(=O)CN1C[C@H](C)O[C@@H](C)C1)n1cncn1. The number of carbonyl (C=O) groups excluding carboxylic acids is 1. The maximum Gasteiger partial charge on any atom is 0.234 e. The Labute approximate surface area is 119 Å². The molecule has 2 heterocycles. The lowest BCUT2D eigenvalue weighted by atomic mass is 10.2.